The van der Waals surface area contributed by atoms with Crippen molar-refractivity contribution < 1.29 is 9.53 Å². The van der Waals surface area contributed by atoms with Crippen LogP contribution in [0.15, 0.2) is 18.5 Å². The molecule has 0 aliphatic heterocycles. The molecule has 5 nitrogen and oxygen atoms in total. The molecule has 0 atom stereocenters. The van der Waals surface area contributed by atoms with Crippen molar-refractivity contribution in [1.82, 2.24) is 15.6 Å². The van der Waals surface area contributed by atoms with Crippen LogP contribution in [0.25, 0.3) is 0 Å². The lowest BCUT2D eigenvalue weighted by Gasteiger charge is -2.05. The van der Waals surface area contributed by atoms with E-state index in [0.717, 1.165) is 6.54 Å². The number of rotatable bonds is 8. The van der Waals surface area contributed by atoms with E-state index in [9.17, 15) is 4.79 Å². The highest BCUT2D eigenvalue weighted by molar-refractivity contribution is 5.75. The van der Waals surface area contributed by atoms with Crippen LogP contribution in [0.4, 0.5) is 0 Å². The van der Waals surface area contributed by atoms with E-state index in [1.165, 1.54) is 5.56 Å². The minimum atomic E-state index is 0.0543. The van der Waals surface area contributed by atoms with Crippen molar-refractivity contribution >= 4 is 5.91 Å². The van der Waals surface area contributed by atoms with E-state index in [-0.39, 0.29) is 5.91 Å². The first kappa shape index (κ1) is 12.7. The fraction of sp³-hybridized carbons (Fsp3) is 0.545. The molecule has 0 saturated heterocycles. The molecule has 0 saturated carbocycles. The van der Waals surface area contributed by atoms with Crippen molar-refractivity contribution in [1.29, 1.82) is 0 Å². The Kier molecular flexibility index (Phi) is 6.29. The van der Waals surface area contributed by atoms with Crippen LogP contribution < -0.4 is 10.6 Å². The Morgan fingerprint density at radius 2 is 2.38 bits per heavy atom. The number of carbonyl (C=O) groups excluding carboxylic acids is 1. The predicted octanol–water partition coefficient (Wildman–Crippen LogP) is 0.257. The lowest BCUT2D eigenvalue weighted by Crippen LogP contribution is -2.29. The van der Waals surface area contributed by atoms with Crippen LogP contribution in [-0.4, -0.2) is 37.7 Å². The van der Waals surface area contributed by atoms with E-state index in [1.54, 1.807) is 7.11 Å². The molecule has 1 aromatic heterocycles. The molecule has 0 aliphatic rings. The van der Waals surface area contributed by atoms with E-state index in [0.29, 0.717) is 26.1 Å². The standard InChI is InChI=1S/C11H19N3O2/c1-16-7-6-14-11(15)3-5-13-9-10-2-4-12-8-10/h2,4,8,12-13H,3,5-7,9H2,1H3,(H,14,15). The molecule has 16 heavy (non-hydrogen) atoms. The molecule has 0 radical (unpaired) electrons. The molecule has 0 spiro atoms. The molecule has 0 aliphatic carbocycles. The second kappa shape index (κ2) is 7.90. The Balaban J connectivity index is 1.96. The van der Waals surface area contributed by atoms with E-state index < -0.39 is 0 Å². The number of methoxy groups -OCH3 is 1. The number of aromatic amines is 1. The minimum absolute atomic E-state index is 0.0543. The third-order valence-electron chi connectivity index (χ3n) is 2.15. The summed E-state index contributed by atoms with van der Waals surface area (Å²) in [5, 5.41) is 5.96. The van der Waals surface area contributed by atoms with Crippen LogP contribution in [0.3, 0.4) is 0 Å². The van der Waals surface area contributed by atoms with Gasteiger partial charge in [-0.1, -0.05) is 0 Å². The van der Waals surface area contributed by atoms with Gasteiger partial charge in [-0.25, -0.2) is 0 Å². The lowest BCUT2D eigenvalue weighted by atomic mass is 10.3. The van der Waals surface area contributed by atoms with Crippen LogP contribution in [0.2, 0.25) is 0 Å². The van der Waals surface area contributed by atoms with E-state index in [4.69, 9.17) is 4.74 Å². The third-order valence-corrected chi connectivity index (χ3v) is 2.15. The fourth-order valence-electron chi connectivity index (χ4n) is 1.28. The molecule has 1 amide bonds. The van der Waals surface area contributed by atoms with E-state index >= 15 is 0 Å². The van der Waals surface area contributed by atoms with Crippen molar-refractivity contribution in [3.8, 4) is 0 Å². The van der Waals surface area contributed by atoms with Crippen molar-refractivity contribution in [2.24, 2.45) is 0 Å². The Labute approximate surface area is 95.6 Å². The van der Waals surface area contributed by atoms with Crippen molar-refractivity contribution in [3.63, 3.8) is 0 Å². The summed E-state index contributed by atoms with van der Waals surface area (Å²) in [6, 6.07) is 2.01. The zero-order chi connectivity index (χ0) is 11.6. The summed E-state index contributed by atoms with van der Waals surface area (Å²) in [5.41, 5.74) is 1.19. The van der Waals surface area contributed by atoms with Gasteiger partial charge in [0, 0.05) is 45.6 Å². The molecule has 1 heterocycles. The zero-order valence-electron chi connectivity index (χ0n) is 9.58. The quantitative estimate of drug-likeness (QED) is 0.556. The second-order valence-corrected chi connectivity index (χ2v) is 3.49. The van der Waals surface area contributed by atoms with Crippen molar-refractivity contribution in [2.45, 2.75) is 13.0 Å². The maximum absolute atomic E-state index is 11.3. The number of ether oxygens (including phenoxy) is 1. The first-order valence-corrected chi connectivity index (χ1v) is 5.41. The summed E-state index contributed by atoms with van der Waals surface area (Å²) in [6.07, 6.45) is 4.31. The monoisotopic (exact) mass is 225 g/mol. The van der Waals surface area contributed by atoms with Crippen LogP contribution in [0.5, 0.6) is 0 Å². The fourth-order valence-corrected chi connectivity index (χ4v) is 1.28. The minimum Gasteiger partial charge on any atom is -0.383 e. The zero-order valence-corrected chi connectivity index (χ0v) is 9.58. The normalized spacial score (nSPS) is 10.3. The van der Waals surface area contributed by atoms with Crippen LogP contribution in [0, 0.1) is 0 Å². The van der Waals surface area contributed by atoms with Crippen molar-refractivity contribution in [3.05, 3.63) is 24.0 Å². The molecular weight excluding hydrogens is 206 g/mol. The number of hydrogen-bond donors (Lipinski definition) is 3. The van der Waals surface area contributed by atoms with Crippen LogP contribution in [0.1, 0.15) is 12.0 Å². The molecule has 5 heteroatoms. The maximum Gasteiger partial charge on any atom is 0.221 e. The topological polar surface area (TPSA) is 66.2 Å². The third kappa shape index (κ3) is 5.53. The van der Waals surface area contributed by atoms with Gasteiger partial charge in [-0.15, -0.1) is 0 Å². The molecule has 0 fully saturated rings. The number of nitrogens with one attached hydrogen (secondary N) is 3. The smallest absolute Gasteiger partial charge is 0.221 e. The summed E-state index contributed by atoms with van der Waals surface area (Å²) >= 11 is 0. The first-order chi connectivity index (χ1) is 7.83. The van der Waals surface area contributed by atoms with Gasteiger partial charge < -0.3 is 20.4 Å². The number of hydrogen-bond acceptors (Lipinski definition) is 3. The maximum atomic E-state index is 11.3. The number of amides is 1. The highest BCUT2D eigenvalue weighted by Gasteiger charge is 1.99. The summed E-state index contributed by atoms with van der Waals surface area (Å²) in [5.74, 6) is 0.0543. The highest BCUT2D eigenvalue weighted by atomic mass is 16.5. The van der Waals surface area contributed by atoms with Gasteiger partial charge in [-0.2, -0.15) is 0 Å². The Morgan fingerprint density at radius 3 is 3.06 bits per heavy atom. The molecular formula is C11H19N3O2. The molecule has 0 bridgehead atoms. The van der Waals surface area contributed by atoms with Gasteiger partial charge in [-0.05, 0) is 11.6 Å². The summed E-state index contributed by atoms with van der Waals surface area (Å²) < 4.78 is 4.83. The van der Waals surface area contributed by atoms with Gasteiger partial charge in [0.2, 0.25) is 5.91 Å². The Bertz CT molecular complexity index is 285. The van der Waals surface area contributed by atoms with Crippen LogP contribution in [-0.2, 0) is 16.1 Å². The van der Waals surface area contributed by atoms with Crippen molar-refractivity contribution in [2.75, 3.05) is 26.8 Å². The van der Waals surface area contributed by atoms with Gasteiger partial charge in [0.05, 0.1) is 6.61 Å². The Morgan fingerprint density at radius 1 is 1.50 bits per heavy atom. The highest BCUT2D eigenvalue weighted by Crippen LogP contribution is 1.94. The van der Waals surface area contributed by atoms with E-state index in [2.05, 4.69) is 15.6 Å². The second-order valence-electron chi connectivity index (χ2n) is 3.49. The lowest BCUT2D eigenvalue weighted by molar-refractivity contribution is -0.121. The van der Waals surface area contributed by atoms with Gasteiger partial charge in [-0.3, -0.25) is 4.79 Å². The molecule has 1 aromatic rings. The average molecular weight is 225 g/mol. The molecule has 1 rings (SSSR count). The SMILES string of the molecule is COCCNC(=O)CCNCc1cc[nH]c1. The molecule has 0 aromatic carbocycles. The molecule has 3 N–H and O–H groups in total. The van der Waals surface area contributed by atoms with Gasteiger partial charge in [0.1, 0.15) is 0 Å². The molecule has 90 valence electrons. The van der Waals surface area contributed by atoms with Gasteiger partial charge in [0.25, 0.3) is 0 Å². The summed E-state index contributed by atoms with van der Waals surface area (Å²) in [4.78, 5) is 14.2. The largest absolute Gasteiger partial charge is 0.383 e. The number of carbonyl (C=O) groups is 1. The number of aromatic nitrogens is 1. The van der Waals surface area contributed by atoms with Crippen LogP contribution >= 0.6 is 0 Å². The first-order valence-electron chi connectivity index (χ1n) is 5.41. The predicted molar refractivity (Wildman–Crippen MR) is 62.0 cm³/mol. The number of H-pyrrole nitrogens is 1. The van der Waals surface area contributed by atoms with E-state index in [1.807, 2.05) is 18.5 Å². The van der Waals surface area contributed by atoms with Gasteiger partial charge >= 0.3 is 0 Å². The summed E-state index contributed by atoms with van der Waals surface area (Å²) in [7, 11) is 1.62. The molecule has 0 unspecified atom stereocenters. The Hall–Kier alpha value is -1.33. The van der Waals surface area contributed by atoms with Gasteiger partial charge in [0.15, 0.2) is 0 Å². The summed E-state index contributed by atoms with van der Waals surface area (Å²) in [6.45, 7) is 2.61. The average Bonchev–Trinajstić information content (AvgIpc) is 2.78.